The van der Waals surface area contributed by atoms with Gasteiger partial charge >= 0.3 is 5.69 Å². The van der Waals surface area contributed by atoms with Gasteiger partial charge in [0.1, 0.15) is 23.2 Å². The average molecular weight is 434 g/mol. The first kappa shape index (κ1) is 21.3. The van der Waals surface area contributed by atoms with E-state index in [-0.39, 0.29) is 28.7 Å². The molecule has 3 aromatic rings. The molecule has 0 aliphatic carbocycles. The normalized spacial score (nSPS) is 18.1. The van der Waals surface area contributed by atoms with Crippen molar-refractivity contribution in [1.82, 2.24) is 14.9 Å². The average Bonchev–Trinajstić information content (AvgIpc) is 2.74. The minimum Gasteiger partial charge on any atom is -0.508 e. The highest BCUT2D eigenvalue weighted by Gasteiger charge is 2.18. The zero-order valence-corrected chi connectivity index (χ0v) is 17.5. The van der Waals surface area contributed by atoms with Crippen LogP contribution >= 0.6 is 0 Å². The van der Waals surface area contributed by atoms with Gasteiger partial charge in [-0.2, -0.15) is 0 Å². The SMILES string of the molecule is CC1C/C=C\c2c([nH]c(=O)n(-c3cccc(F)c3)c2=O)/N=C\1NCCc1cccc(O)c1. The van der Waals surface area contributed by atoms with E-state index in [1.807, 2.05) is 19.1 Å². The van der Waals surface area contributed by atoms with Gasteiger partial charge in [0.25, 0.3) is 5.56 Å². The number of nitrogens with one attached hydrogen (secondary N) is 2. The van der Waals surface area contributed by atoms with E-state index < -0.39 is 17.1 Å². The number of phenolic OH excluding ortho intramolecular Hbond substituents is 1. The van der Waals surface area contributed by atoms with Crippen molar-refractivity contribution in [3.63, 3.8) is 0 Å². The quantitative estimate of drug-likeness (QED) is 0.587. The van der Waals surface area contributed by atoms with Gasteiger partial charge in [0, 0.05) is 12.5 Å². The summed E-state index contributed by atoms with van der Waals surface area (Å²) in [5, 5.41) is 12.9. The number of H-pyrrole nitrogens is 1. The van der Waals surface area contributed by atoms with Crippen LogP contribution in [0.3, 0.4) is 0 Å². The summed E-state index contributed by atoms with van der Waals surface area (Å²) >= 11 is 0. The predicted molar refractivity (Wildman–Crippen MR) is 122 cm³/mol. The van der Waals surface area contributed by atoms with E-state index in [1.54, 1.807) is 24.3 Å². The maximum Gasteiger partial charge on any atom is 0.334 e. The van der Waals surface area contributed by atoms with Crippen LogP contribution in [0.4, 0.5) is 10.2 Å². The lowest BCUT2D eigenvalue weighted by atomic mass is 10.0. The number of halogens is 1. The van der Waals surface area contributed by atoms with Crippen LogP contribution in [-0.2, 0) is 6.42 Å². The van der Waals surface area contributed by atoms with Crippen LogP contribution in [0.1, 0.15) is 24.5 Å². The number of hydrogen-bond donors (Lipinski definition) is 3. The molecule has 7 nitrogen and oxygen atoms in total. The summed E-state index contributed by atoms with van der Waals surface area (Å²) in [6, 6.07) is 12.4. The zero-order valence-electron chi connectivity index (χ0n) is 17.5. The maximum absolute atomic E-state index is 13.6. The highest BCUT2D eigenvalue weighted by Crippen LogP contribution is 2.20. The number of rotatable bonds is 4. The number of aliphatic imine (C=N–C) groups is 1. The van der Waals surface area contributed by atoms with Crippen LogP contribution in [0, 0.1) is 11.7 Å². The van der Waals surface area contributed by atoms with Gasteiger partial charge in [-0.1, -0.05) is 31.2 Å². The Morgan fingerprint density at radius 2 is 2.03 bits per heavy atom. The maximum atomic E-state index is 13.6. The molecule has 0 amide bonds. The highest BCUT2D eigenvalue weighted by molar-refractivity contribution is 5.88. The number of aromatic nitrogens is 2. The molecular formula is C24H23FN4O3. The number of amidine groups is 1. The third-order valence-electron chi connectivity index (χ3n) is 5.29. The van der Waals surface area contributed by atoms with Gasteiger partial charge in [0.2, 0.25) is 0 Å². The fourth-order valence-corrected chi connectivity index (χ4v) is 3.62. The van der Waals surface area contributed by atoms with E-state index >= 15 is 0 Å². The number of allylic oxidation sites excluding steroid dienone is 1. The second-order valence-electron chi connectivity index (χ2n) is 7.70. The Labute approximate surface area is 183 Å². The van der Waals surface area contributed by atoms with Crippen molar-refractivity contribution >= 4 is 17.7 Å². The molecule has 32 heavy (non-hydrogen) atoms. The van der Waals surface area contributed by atoms with Crippen LogP contribution in [0.2, 0.25) is 0 Å². The number of fused-ring (bicyclic) bond motifs is 1. The smallest absolute Gasteiger partial charge is 0.334 e. The highest BCUT2D eigenvalue weighted by atomic mass is 19.1. The Balaban J connectivity index is 1.67. The fourth-order valence-electron chi connectivity index (χ4n) is 3.62. The van der Waals surface area contributed by atoms with E-state index in [1.165, 1.54) is 18.2 Å². The van der Waals surface area contributed by atoms with Crippen LogP contribution in [-0.4, -0.2) is 27.0 Å². The van der Waals surface area contributed by atoms with Crippen molar-refractivity contribution in [2.75, 3.05) is 6.54 Å². The first-order chi connectivity index (χ1) is 15.4. The molecule has 2 aromatic carbocycles. The molecule has 0 spiro atoms. The number of benzene rings is 2. The van der Waals surface area contributed by atoms with Crippen molar-refractivity contribution in [2.45, 2.75) is 19.8 Å². The van der Waals surface area contributed by atoms with Gasteiger partial charge in [-0.25, -0.2) is 18.7 Å². The monoisotopic (exact) mass is 434 g/mol. The Bertz CT molecular complexity index is 1320. The number of aromatic amines is 1. The molecule has 8 heteroatoms. The molecular weight excluding hydrogens is 411 g/mol. The summed E-state index contributed by atoms with van der Waals surface area (Å²) in [6.45, 7) is 2.57. The fraction of sp³-hybridized carbons (Fsp3) is 0.208. The van der Waals surface area contributed by atoms with Crippen LogP contribution in [0.25, 0.3) is 11.8 Å². The molecule has 1 aliphatic heterocycles. The Hall–Kier alpha value is -3.94. The topological polar surface area (TPSA) is 99.5 Å². The summed E-state index contributed by atoms with van der Waals surface area (Å²) in [5.41, 5.74) is 0.0968. The summed E-state index contributed by atoms with van der Waals surface area (Å²) in [5.74, 6) is 0.522. The lowest BCUT2D eigenvalue weighted by Gasteiger charge is -2.18. The van der Waals surface area contributed by atoms with Crippen molar-refractivity contribution < 1.29 is 9.50 Å². The van der Waals surface area contributed by atoms with Crippen LogP contribution in [0.5, 0.6) is 5.75 Å². The number of phenols is 1. The Morgan fingerprint density at radius 1 is 1.22 bits per heavy atom. The minimum absolute atomic E-state index is 0.0396. The lowest BCUT2D eigenvalue weighted by Crippen LogP contribution is -2.36. The molecule has 2 heterocycles. The van der Waals surface area contributed by atoms with Gasteiger partial charge < -0.3 is 10.4 Å². The molecule has 164 valence electrons. The van der Waals surface area contributed by atoms with Crippen molar-refractivity contribution in [3.05, 3.63) is 92.4 Å². The number of hydrogen-bond acceptors (Lipinski definition) is 5. The van der Waals surface area contributed by atoms with Gasteiger partial charge in [-0.15, -0.1) is 0 Å². The zero-order chi connectivity index (χ0) is 22.7. The predicted octanol–water partition coefficient (Wildman–Crippen LogP) is 3.29. The third kappa shape index (κ3) is 4.54. The standard InChI is InChI=1S/C24H23FN4O3/c1-15-5-2-10-20-22(27-21(15)26-12-11-16-6-3-9-19(30)13-16)28-24(32)29(23(20)31)18-8-4-7-17(25)14-18/h2-4,6-10,13-15,30H,5,11-12H2,1H3,(H,26,27)(H,28,32)/b10-2-. The molecule has 0 radical (unpaired) electrons. The summed E-state index contributed by atoms with van der Waals surface area (Å²) in [7, 11) is 0. The van der Waals surface area contributed by atoms with Gasteiger partial charge in [-0.05, 0) is 54.8 Å². The number of nitrogens with zero attached hydrogens (tertiary/aromatic N) is 2. The molecule has 0 saturated heterocycles. The van der Waals surface area contributed by atoms with Gasteiger partial charge in [-0.3, -0.25) is 9.78 Å². The van der Waals surface area contributed by atoms with Gasteiger partial charge in [0.05, 0.1) is 11.3 Å². The molecule has 0 saturated carbocycles. The summed E-state index contributed by atoms with van der Waals surface area (Å²) < 4.78 is 14.6. The molecule has 0 fully saturated rings. The van der Waals surface area contributed by atoms with Crippen LogP contribution < -0.4 is 16.6 Å². The van der Waals surface area contributed by atoms with Crippen LogP contribution in [0.15, 0.2) is 69.2 Å². The summed E-state index contributed by atoms with van der Waals surface area (Å²) in [6.07, 6.45) is 4.83. The molecule has 4 rings (SSSR count). The van der Waals surface area contributed by atoms with E-state index in [0.29, 0.717) is 25.2 Å². The molecule has 1 aromatic heterocycles. The molecule has 1 atom stereocenters. The first-order valence-electron chi connectivity index (χ1n) is 10.3. The molecule has 1 aliphatic rings. The van der Waals surface area contributed by atoms with E-state index in [9.17, 15) is 19.1 Å². The summed E-state index contributed by atoms with van der Waals surface area (Å²) in [4.78, 5) is 33.0. The Kier molecular flexibility index (Phi) is 6.02. The largest absolute Gasteiger partial charge is 0.508 e. The third-order valence-corrected chi connectivity index (χ3v) is 5.29. The second-order valence-corrected chi connectivity index (χ2v) is 7.70. The van der Waals surface area contributed by atoms with Gasteiger partial charge in [0.15, 0.2) is 0 Å². The molecule has 1 unspecified atom stereocenters. The van der Waals surface area contributed by atoms with E-state index in [0.717, 1.165) is 16.2 Å². The molecule has 0 bridgehead atoms. The second kappa shape index (κ2) is 9.05. The Morgan fingerprint density at radius 3 is 2.81 bits per heavy atom. The molecule has 3 N–H and O–H groups in total. The van der Waals surface area contributed by atoms with Crippen molar-refractivity contribution in [2.24, 2.45) is 10.9 Å². The lowest BCUT2D eigenvalue weighted by molar-refractivity contribution is 0.474. The minimum atomic E-state index is -0.691. The van der Waals surface area contributed by atoms with Crippen molar-refractivity contribution in [3.8, 4) is 11.4 Å². The first-order valence-corrected chi connectivity index (χ1v) is 10.3. The van der Waals surface area contributed by atoms with E-state index in [4.69, 9.17) is 0 Å². The number of aromatic hydroxyl groups is 1. The van der Waals surface area contributed by atoms with E-state index in [2.05, 4.69) is 15.3 Å². The van der Waals surface area contributed by atoms with Crippen molar-refractivity contribution in [1.29, 1.82) is 0 Å².